The van der Waals surface area contributed by atoms with Gasteiger partial charge in [-0.25, -0.2) is 0 Å². The van der Waals surface area contributed by atoms with Crippen LogP contribution in [0, 0.1) is 0 Å². The number of hydrogen-bond donors (Lipinski definition) is 1. The monoisotopic (exact) mass is 294 g/mol. The quantitative estimate of drug-likeness (QED) is 0.797. The maximum absolute atomic E-state index is 6.22. The fourth-order valence-electron chi connectivity index (χ4n) is 2.57. The molecule has 3 nitrogen and oxygen atoms in total. The molecule has 0 aliphatic heterocycles. The summed E-state index contributed by atoms with van der Waals surface area (Å²) in [6.45, 7) is 2.64. The van der Waals surface area contributed by atoms with Gasteiger partial charge < -0.3 is 15.0 Å². The van der Waals surface area contributed by atoms with E-state index in [9.17, 15) is 0 Å². The Kier molecular flexibility index (Phi) is 4.49. The minimum atomic E-state index is 0.670. The fourth-order valence-corrected chi connectivity index (χ4v) is 2.74. The van der Waals surface area contributed by atoms with Crippen molar-refractivity contribution in [3.63, 3.8) is 0 Å². The van der Waals surface area contributed by atoms with Gasteiger partial charge in [0.1, 0.15) is 0 Å². The minimum Gasteiger partial charge on any atom is -0.383 e. The van der Waals surface area contributed by atoms with Crippen LogP contribution in [0.15, 0.2) is 18.2 Å². The molecule has 0 unspecified atom stereocenters. The number of nitrogens with zero attached hydrogens (tertiary/aromatic N) is 1. The van der Waals surface area contributed by atoms with Crippen LogP contribution in [0.3, 0.4) is 0 Å². The molecule has 1 aromatic carbocycles. The maximum Gasteiger partial charge on any atom is 0.0637 e. The van der Waals surface area contributed by atoms with E-state index < -0.39 is 0 Å². The topological polar surface area (TPSA) is 24.5 Å². The van der Waals surface area contributed by atoms with Crippen LogP contribution < -0.4 is 10.2 Å². The molecule has 1 N–H and O–H groups in total. The second kappa shape index (κ2) is 6.33. The molecule has 0 amide bonds. The lowest BCUT2D eigenvalue weighted by Crippen LogP contribution is -2.31. The number of rotatable bonds is 8. The van der Waals surface area contributed by atoms with Gasteiger partial charge >= 0.3 is 0 Å². The summed E-state index contributed by atoms with van der Waals surface area (Å²) < 4.78 is 5.26. The van der Waals surface area contributed by atoms with E-state index in [-0.39, 0.29) is 0 Å². The first-order valence-electron chi connectivity index (χ1n) is 7.55. The average Bonchev–Trinajstić information content (AvgIpc) is 3.31. The molecule has 0 spiro atoms. The molecule has 0 bridgehead atoms. The van der Waals surface area contributed by atoms with Crippen molar-refractivity contribution in [3.05, 3.63) is 28.8 Å². The van der Waals surface area contributed by atoms with Crippen molar-refractivity contribution in [2.45, 2.75) is 44.3 Å². The van der Waals surface area contributed by atoms with Crippen molar-refractivity contribution in [2.24, 2.45) is 0 Å². The highest BCUT2D eigenvalue weighted by Crippen LogP contribution is 2.35. The van der Waals surface area contributed by atoms with E-state index in [1.807, 2.05) is 6.07 Å². The van der Waals surface area contributed by atoms with Crippen LogP contribution >= 0.6 is 11.6 Å². The number of anilines is 1. The van der Waals surface area contributed by atoms with Crippen LogP contribution in [-0.2, 0) is 11.3 Å². The molecule has 110 valence electrons. The molecule has 0 heterocycles. The van der Waals surface area contributed by atoms with Gasteiger partial charge in [0.2, 0.25) is 0 Å². The first kappa shape index (κ1) is 14.2. The van der Waals surface area contributed by atoms with E-state index in [2.05, 4.69) is 22.3 Å². The number of nitrogens with one attached hydrogen (secondary N) is 1. The summed E-state index contributed by atoms with van der Waals surface area (Å²) in [6.07, 6.45) is 5.20. The number of methoxy groups -OCH3 is 1. The molecule has 20 heavy (non-hydrogen) atoms. The number of benzene rings is 1. The SMILES string of the molecule is COCCN(c1cc(Cl)ccc1CNC1CC1)C1CC1. The Hall–Kier alpha value is -0.770. The van der Waals surface area contributed by atoms with Crippen LogP contribution in [0.2, 0.25) is 5.02 Å². The second-order valence-electron chi connectivity index (χ2n) is 5.85. The van der Waals surface area contributed by atoms with Crippen LogP contribution in [0.1, 0.15) is 31.2 Å². The Morgan fingerprint density at radius 3 is 2.75 bits per heavy atom. The molecule has 4 heteroatoms. The molecule has 2 aliphatic carbocycles. The van der Waals surface area contributed by atoms with Crippen molar-refractivity contribution >= 4 is 17.3 Å². The molecule has 0 saturated heterocycles. The van der Waals surface area contributed by atoms with E-state index in [4.69, 9.17) is 16.3 Å². The van der Waals surface area contributed by atoms with Gasteiger partial charge in [-0.3, -0.25) is 0 Å². The molecule has 2 fully saturated rings. The molecular formula is C16H23ClN2O. The Bertz CT molecular complexity index is 458. The van der Waals surface area contributed by atoms with Crippen molar-refractivity contribution in [3.8, 4) is 0 Å². The van der Waals surface area contributed by atoms with Crippen molar-refractivity contribution in [2.75, 3.05) is 25.2 Å². The van der Waals surface area contributed by atoms with Gasteiger partial charge in [-0.05, 0) is 43.4 Å². The van der Waals surface area contributed by atoms with Gasteiger partial charge in [-0.2, -0.15) is 0 Å². The summed E-state index contributed by atoms with van der Waals surface area (Å²) in [5.41, 5.74) is 2.63. The summed E-state index contributed by atoms with van der Waals surface area (Å²) in [7, 11) is 1.76. The van der Waals surface area contributed by atoms with Gasteiger partial charge in [-0.1, -0.05) is 17.7 Å². The van der Waals surface area contributed by atoms with Gasteiger partial charge in [-0.15, -0.1) is 0 Å². The third-order valence-corrected chi connectivity index (χ3v) is 4.27. The molecule has 0 aromatic heterocycles. The van der Waals surface area contributed by atoms with Gasteiger partial charge in [0.05, 0.1) is 6.61 Å². The molecule has 1 aromatic rings. The predicted molar refractivity (Wildman–Crippen MR) is 83.6 cm³/mol. The van der Waals surface area contributed by atoms with Crippen LogP contribution in [0.25, 0.3) is 0 Å². The fraction of sp³-hybridized carbons (Fsp3) is 0.625. The highest BCUT2D eigenvalue weighted by Gasteiger charge is 2.30. The minimum absolute atomic E-state index is 0.670. The lowest BCUT2D eigenvalue weighted by Gasteiger charge is -2.27. The Morgan fingerprint density at radius 1 is 1.30 bits per heavy atom. The Morgan fingerprint density at radius 2 is 2.10 bits per heavy atom. The molecule has 0 atom stereocenters. The summed E-state index contributed by atoms with van der Waals surface area (Å²) in [4.78, 5) is 2.47. The molecule has 2 saturated carbocycles. The summed E-state index contributed by atoms with van der Waals surface area (Å²) in [6, 6.07) is 7.67. The molecule has 2 aliphatic rings. The predicted octanol–water partition coefficient (Wildman–Crippen LogP) is 3.21. The summed E-state index contributed by atoms with van der Waals surface area (Å²) in [5, 5.41) is 4.42. The van der Waals surface area contributed by atoms with Crippen LogP contribution in [0.4, 0.5) is 5.69 Å². The number of ether oxygens (including phenoxy) is 1. The van der Waals surface area contributed by atoms with E-state index in [0.29, 0.717) is 6.04 Å². The summed E-state index contributed by atoms with van der Waals surface area (Å²) >= 11 is 6.22. The maximum atomic E-state index is 6.22. The second-order valence-corrected chi connectivity index (χ2v) is 6.28. The summed E-state index contributed by atoms with van der Waals surface area (Å²) in [5.74, 6) is 0. The lowest BCUT2D eigenvalue weighted by atomic mass is 10.1. The van der Waals surface area contributed by atoms with E-state index in [0.717, 1.165) is 30.8 Å². The first-order chi connectivity index (χ1) is 9.78. The lowest BCUT2D eigenvalue weighted by molar-refractivity contribution is 0.205. The zero-order valence-corrected chi connectivity index (χ0v) is 12.8. The zero-order chi connectivity index (χ0) is 13.9. The van der Waals surface area contributed by atoms with Gasteiger partial charge in [0.25, 0.3) is 0 Å². The number of hydrogen-bond acceptors (Lipinski definition) is 3. The third kappa shape index (κ3) is 3.66. The van der Waals surface area contributed by atoms with Gasteiger partial charge in [0.15, 0.2) is 0 Å². The van der Waals surface area contributed by atoms with Crippen LogP contribution in [0.5, 0.6) is 0 Å². The molecular weight excluding hydrogens is 272 g/mol. The normalized spacial score (nSPS) is 18.3. The average molecular weight is 295 g/mol. The third-order valence-electron chi connectivity index (χ3n) is 4.04. The standard InChI is InChI=1S/C16H23ClN2O/c1-20-9-8-19(15-6-7-15)16-10-13(17)3-2-12(16)11-18-14-4-5-14/h2-3,10,14-15,18H,4-9,11H2,1H3. The highest BCUT2D eigenvalue weighted by molar-refractivity contribution is 6.30. The van der Waals surface area contributed by atoms with E-state index in [1.54, 1.807) is 7.11 Å². The number of halogens is 1. The van der Waals surface area contributed by atoms with E-state index >= 15 is 0 Å². The van der Waals surface area contributed by atoms with Crippen molar-refractivity contribution in [1.29, 1.82) is 0 Å². The Labute approximate surface area is 126 Å². The molecule has 3 rings (SSSR count). The first-order valence-corrected chi connectivity index (χ1v) is 7.93. The van der Waals surface area contributed by atoms with Crippen molar-refractivity contribution in [1.82, 2.24) is 5.32 Å². The highest BCUT2D eigenvalue weighted by atomic mass is 35.5. The largest absolute Gasteiger partial charge is 0.383 e. The smallest absolute Gasteiger partial charge is 0.0637 e. The van der Waals surface area contributed by atoms with Crippen LogP contribution in [-0.4, -0.2) is 32.3 Å². The zero-order valence-electron chi connectivity index (χ0n) is 12.1. The van der Waals surface area contributed by atoms with Gasteiger partial charge in [0, 0.05) is 43.0 Å². The van der Waals surface area contributed by atoms with Crippen molar-refractivity contribution < 1.29 is 4.74 Å². The molecule has 0 radical (unpaired) electrons. The Balaban J connectivity index is 1.77. The van der Waals surface area contributed by atoms with E-state index in [1.165, 1.54) is 36.9 Å².